The highest BCUT2D eigenvalue weighted by Crippen LogP contribution is 2.30. The van der Waals surface area contributed by atoms with Crippen molar-refractivity contribution in [3.8, 4) is 9.88 Å². The van der Waals surface area contributed by atoms with E-state index in [-0.39, 0.29) is 5.91 Å². The molecule has 0 fully saturated rings. The van der Waals surface area contributed by atoms with Crippen LogP contribution in [-0.4, -0.2) is 33.9 Å². The topological polar surface area (TPSA) is 79.8 Å². The Kier molecular flexibility index (Phi) is 4.94. The second kappa shape index (κ2) is 7.30. The molecule has 0 radical (unpaired) electrons. The van der Waals surface area contributed by atoms with Gasteiger partial charge in [-0.05, 0) is 18.4 Å². The third kappa shape index (κ3) is 3.91. The Morgan fingerprint density at radius 1 is 1.30 bits per heavy atom. The van der Waals surface area contributed by atoms with Crippen molar-refractivity contribution in [3.05, 3.63) is 46.7 Å². The lowest BCUT2D eigenvalue weighted by Crippen LogP contribution is -2.28. The van der Waals surface area contributed by atoms with Crippen LogP contribution in [0, 0.1) is 6.92 Å². The van der Waals surface area contributed by atoms with Crippen molar-refractivity contribution in [1.29, 1.82) is 0 Å². The molecular weight excluding hydrogens is 330 g/mol. The summed E-state index contributed by atoms with van der Waals surface area (Å²) in [5.74, 6) is 0.597. The van der Waals surface area contributed by atoms with Gasteiger partial charge in [0.15, 0.2) is 0 Å². The lowest BCUT2D eigenvalue weighted by Gasteiger charge is -2.06. The molecule has 0 aliphatic rings. The minimum atomic E-state index is -0.0937. The minimum Gasteiger partial charge on any atom is -0.367 e. The van der Waals surface area contributed by atoms with Gasteiger partial charge in [0.05, 0.1) is 16.8 Å². The van der Waals surface area contributed by atoms with Crippen LogP contribution < -0.4 is 10.6 Å². The Morgan fingerprint density at radius 2 is 2.22 bits per heavy atom. The highest BCUT2D eigenvalue weighted by molar-refractivity contribution is 7.22. The van der Waals surface area contributed by atoms with E-state index in [2.05, 4.69) is 25.6 Å². The zero-order chi connectivity index (χ0) is 16.1. The maximum atomic E-state index is 12.3. The lowest BCUT2D eigenvalue weighted by molar-refractivity contribution is 0.0958. The van der Waals surface area contributed by atoms with Crippen LogP contribution in [0.25, 0.3) is 9.88 Å². The zero-order valence-electron chi connectivity index (χ0n) is 12.4. The van der Waals surface area contributed by atoms with E-state index in [1.54, 1.807) is 29.9 Å². The number of carbonyl (C=O) groups is 1. The summed E-state index contributed by atoms with van der Waals surface area (Å²) in [6.45, 7) is 2.95. The molecule has 0 atom stereocenters. The van der Waals surface area contributed by atoms with Crippen LogP contribution >= 0.6 is 22.7 Å². The van der Waals surface area contributed by atoms with Gasteiger partial charge in [0.1, 0.15) is 15.7 Å². The third-order valence-electron chi connectivity index (χ3n) is 3.01. The van der Waals surface area contributed by atoms with E-state index in [1.807, 2.05) is 24.4 Å². The molecule has 3 aromatic heterocycles. The SMILES string of the molecule is Cc1nc(-c2cccs2)sc1C(=O)NCCNc1cnccn1. The predicted molar refractivity (Wildman–Crippen MR) is 93.0 cm³/mol. The quantitative estimate of drug-likeness (QED) is 0.672. The van der Waals surface area contributed by atoms with Gasteiger partial charge in [-0.15, -0.1) is 22.7 Å². The van der Waals surface area contributed by atoms with Crippen molar-refractivity contribution in [3.63, 3.8) is 0 Å². The van der Waals surface area contributed by atoms with Crippen molar-refractivity contribution in [2.24, 2.45) is 0 Å². The molecule has 3 aromatic rings. The number of thiophene rings is 1. The third-order valence-corrected chi connectivity index (χ3v) is 5.21. The first-order chi connectivity index (χ1) is 11.2. The van der Waals surface area contributed by atoms with E-state index < -0.39 is 0 Å². The second-order valence-corrected chi connectivity index (χ2v) is 6.63. The number of rotatable bonds is 6. The summed E-state index contributed by atoms with van der Waals surface area (Å²) in [5.41, 5.74) is 0.762. The molecule has 2 N–H and O–H groups in total. The molecule has 0 aliphatic heterocycles. The van der Waals surface area contributed by atoms with Crippen molar-refractivity contribution < 1.29 is 4.79 Å². The summed E-state index contributed by atoms with van der Waals surface area (Å²) in [6, 6.07) is 3.99. The van der Waals surface area contributed by atoms with Gasteiger partial charge in [-0.1, -0.05) is 6.07 Å². The summed E-state index contributed by atoms with van der Waals surface area (Å²) < 4.78 is 0. The fraction of sp³-hybridized carbons (Fsp3) is 0.200. The molecule has 0 aromatic carbocycles. The van der Waals surface area contributed by atoms with Crippen LogP contribution in [0.3, 0.4) is 0 Å². The molecule has 8 heteroatoms. The predicted octanol–water partition coefficient (Wildman–Crippen LogP) is 2.81. The van der Waals surface area contributed by atoms with Crippen molar-refractivity contribution in [2.75, 3.05) is 18.4 Å². The Hall–Kier alpha value is -2.32. The van der Waals surface area contributed by atoms with Crippen LogP contribution in [0.1, 0.15) is 15.4 Å². The summed E-state index contributed by atoms with van der Waals surface area (Å²) in [7, 11) is 0. The minimum absolute atomic E-state index is 0.0937. The van der Waals surface area contributed by atoms with Gasteiger partial charge in [0, 0.05) is 25.5 Å². The number of amides is 1. The van der Waals surface area contributed by atoms with E-state index in [0.717, 1.165) is 15.6 Å². The van der Waals surface area contributed by atoms with Gasteiger partial charge in [-0.25, -0.2) is 9.97 Å². The average Bonchev–Trinajstić information content (AvgIpc) is 3.21. The maximum Gasteiger partial charge on any atom is 0.263 e. The summed E-state index contributed by atoms with van der Waals surface area (Å²) >= 11 is 3.05. The van der Waals surface area contributed by atoms with Gasteiger partial charge in [-0.3, -0.25) is 9.78 Å². The molecule has 3 heterocycles. The molecule has 0 saturated carbocycles. The summed E-state index contributed by atoms with van der Waals surface area (Å²) in [5, 5.41) is 8.88. The maximum absolute atomic E-state index is 12.3. The Bertz CT molecular complexity index is 771. The molecule has 118 valence electrons. The molecule has 6 nitrogen and oxygen atoms in total. The number of carbonyl (C=O) groups excluding carboxylic acids is 1. The molecule has 0 aliphatic carbocycles. The van der Waals surface area contributed by atoms with Crippen LogP contribution in [0.15, 0.2) is 36.1 Å². The zero-order valence-corrected chi connectivity index (χ0v) is 14.1. The number of thiazole rings is 1. The normalized spacial score (nSPS) is 10.5. The van der Waals surface area contributed by atoms with Crippen molar-refractivity contribution in [1.82, 2.24) is 20.3 Å². The summed E-state index contributed by atoms with van der Waals surface area (Å²) in [6.07, 6.45) is 4.88. The monoisotopic (exact) mass is 345 g/mol. The molecule has 3 rings (SSSR count). The van der Waals surface area contributed by atoms with E-state index >= 15 is 0 Å². The fourth-order valence-electron chi connectivity index (χ4n) is 1.95. The van der Waals surface area contributed by atoms with Crippen LogP contribution in [-0.2, 0) is 0 Å². The Morgan fingerprint density at radius 3 is 2.96 bits per heavy atom. The number of nitrogens with zero attached hydrogens (tertiary/aromatic N) is 3. The van der Waals surface area contributed by atoms with Crippen LogP contribution in [0.4, 0.5) is 5.82 Å². The van der Waals surface area contributed by atoms with Crippen molar-refractivity contribution >= 4 is 34.4 Å². The number of aromatic nitrogens is 3. The van der Waals surface area contributed by atoms with Gasteiger partial charge < -0.3 is 10.6 Å². The first-order valence-corrected chi connectivity index (χ1v) is 8.73. The van der Waals surface area contributed by atoms with Gasteiger partial charge in [0.25, 0.3) is 5.91 Å². The number of nitrogens with one attached hydrogen (secondary N) is 2. The highest BCUT2D eigenvalue weighted by atomic mass is 32.1. The molecule has 1 amide bonds. The first-order valence-electron chi connectivity index (χ1n) is 7.03. The standard InChI is InChI=1S/C15H15N5OS2/c1-10-13(23-15(20-10)11-3-2-8-22-11)14(21)19-7-6-18-12-9-16-4-5-17-12/h2-5,8-9H,6-7H2,1H3,(H,17,18)(H,19,21). The van der Waals surface area contributed by atoms with Crippen molar-refractivity contribution in [2.45, 2.75) is 6.92 Å². The fourth-order valence-corrected chi connectivity index (χ4v) is 3.73. The van der Waals surface area contributed by atoms with E-state index in [1.165, 1.54) is 11.3 Å². The smallest absolute Gasteiger partial charge is 0.263 e. The number of hydrogen-bond acceptors (Lipinski definition) is 7. The molecule has 0 saturated heterocycles. The Balaban J connectivity index is 1.54. The molecule has 0 spiro atoms. The van der Waals surface area contributed by atoms with Gasteiger partial charge in [-0.2, -0.15) is 0 Å². The largest absolute Gasteiger partial charge is 0.367 e. The van der Waals surface area contributed by atoms with Gasteiger partial charge in [0.2, 0.25) is 0 Å². The highest BCUT2D eigenvalue weighted by Gasteiger charge is 2.16. The van der Waals surface area contributed by atoms with Gasteiger partial charge >= 0.3 is 0 Å². The molecular formula is C15H15N5OS2. The first kappa shape index (κ1) is 15.6. The second-order valence-electron chi connectivity index (χ2n) is 4.68. The number of hydrogen-bond donors (Lipinski definition) is 2. The Labute approximate surface area is 141 Å². The number of anilines is 1. The summed E-state index contributed by atoms with van der Waals surface area (Å²) in [4.78, 5) is 26.6. The number of aryl methyl sites for hydroxylation is 1. The van der Waals surface area contributed by atoms with Crippen LogP contribution in [0.5, 0.6) is 0 Å². The lowest BCUT2D eigenvalue weighted by atomic mass is 10.3. The average molecular weight is 345 g/mol. The molecule has 23 heavy (non-hydrogen) atoms. The molecule has 0 unspecified atom stereocenters. The van der Waals surface area contributed by atoms with E-state index in [0.29, 0.717) is 23.8 Å². The van der Waals surface area contributed by atoms with E-state index in [9.17, 15) is 4.79 Å². The van der Waals surface area contributed by atoms with E-state index in [4.69, 9.17) is 0 Å². The van der Waals surface area contributed by atoms with Crippen LogP contribution in [0.2, 0.25) is 0 Å². The molecule has 0 bridgehead atoms.